The Hall–Kier alpha value is -2.87. The number of hydrogen-bond acceptors (Lipinski definition) is 5. The van der Waals surface area contributed by atoms with Crippen molar-refractivity contribution in [1.29, 1.82) is 0 Å². The standard InChI is InChI=1S/C20H25ClN4O4/c1-5-6-11-25-18(21)17(12(2)24-25)20(28)29-13(3)19(27)23-16-9-7-15(8-10-16)22-14(4)26/h7-10,13H,5-6,11H2,1-4H3,(H,22,26)(H,23,27)/t13-/m1/s1. The van der Waals surface area contributed by atoms with Gasteiger partial charge in [0.2, 0.25) is 5.91 Å². The first-order chi connectivity index (χ1) is 13.7. The van der Waals surface area contributed by atoms with Crippen LogP contribution in [0.3, 0.4) is 0 Å². The molecule has 1 atom stereocenters. The van der Waals surface area contributed by atoms with Crippen molar-refractivity contribution in [3.05, 3.63) is 40.7 Å². The number of aromatic nitrogens is 2. The zero-order valence-electron chi connectivity index (χ0n) is 16.9. The van der Waals surface area contributed by atoms with Gasteiger partial charge in [-0.15, -0.1) is 0 Å². The summed E-state index contributed by atoms with van der Waals surface area (Å²) in [5.41, 5.74) is 1.74. The Balaban J connectivity index is 1.99. The van der Waals surface area contributed by atoms with Crippen LogP contribution in [0.1, 0.15) is 49.7 Å². The molecular formula is C20H25ClN4O4. The predicted octanol–water partition coefficient (Wildman–Crippen LogP) is 3.79. The number of carbonyl (C=O) groups is 3. The second-order valence-corrected chi connectivity index (χ2v) is 6.98. The lowest BCUT2D eigenvalue weighted by atomic mass is 10.2. The molecule has 2 rings (SSSR count). The third kappa shape index (κ3) is 6.05. The van der Waals surface area contributed by atoms with E-state index in [9.17, 15) is 14.4 Å². The van der Waals surface area contributed by atoms with Crippen LogP contribution >= 0.6 is 11.6 Å². The van der Waals surface area contributed by atoms with E-state index in [1.54, 1.807) is 35.9 Å². The second-order valence-electron chi connectivity index (χ2n) is 6.62. The Morgan fingerprint density at radius 2 is 1.76 bits per heavy atom. The smallest absolute Gasteiger partial charge is 0.343 e. The van der Waals surface area contributed by atoms with Crippen molar-refractivity contribution in [3.63, 3.8) is 0 Å². The normalized spacial score (nSPS) is 11.6. The molecule has 0 aliphatic heterocycles. The summed E-state index contributed by atoms with van der Waals surface area (Å²) in [6.45, 7) is 7.21. The van der Waals surface area contributed by atoms with Gasteiger partial charge in [0.1, 0.15) is 10.7 Å². The first-order valence-corrected chi connectivity index (χ1v) is 9.73. The Bertz CT molecular complexity index is 893. The summed E-state index contributed by atoms with van der Waals surface area (Å²) < 4.78 is 6.85. The van der Waals surface area contributed by atoms with Gasteiger partial charge in [0.25, 0.3) is 5.91 Å². The molecule has 8 nitrogen and oxygen atoms in total. The summed E-state index contributed by atoms with van der Waals surface area (Å²) in [5.74, 6) is -1.37. The molecule has 29 heavy (non-hydrogen) atoms. The first-order valence-electron chi connectivity index (χ1n) is 9.35. The molecule has 0 aliphatic rings. The van der Waals surface area contributed by atoms with Crippen molar-refractivity contribution in [3.8, 4) is 0 Å². The maximum absolute atomic E-state index is 12.5. The van der Waals surface area contributed by atoms with Crippen LogP contribution in [0.15, 0.2) is 24.3 Å². The molecule has 0 saturated carbocycles. The zero-order chi connectivity index (χ0) is 21.6. The van der Waals surface area contributed by atoms with Gasteiger partial charge in [-0.25, -0.2) is 4.79 Å². The van der Waals surface area contributed by atoms with Gasteiger partial charge in [0.15, 0.2) is 6.10 Å². The second kappa shape index (κ2) is 10.1. The fourth-order valence-electron chi connectivity index (χ4n) is 2.60. The van der Waals surface area contributed by atoms with E-state index in [1.807, 2.05) is 6.92 Å². The van der Waals surface area contributed by atoms with Crippen molar-refractivity contribution >= 4 is 40.8 Å². The lowest BCUT2D eigenvalue weighted by molar-refractivity contribution is -0.123. The molecule has 0 fully saturated rings. The highest BCUT2D eigenvalue weighted by Gasteiger charge is 2.25. The van der Waals surface area contributed by atoms with Gasteiger partial charge in [0.05, 0.1) is 5.69 Å². The molecule has 0 spiro atoms. The van der Waals surface area contributed by atoms with Gasteiger partial charge in [0, 0.05) is 24.8 Å². The molecule has 2 aromatic rings. The van der Waals surface area contributed by atoms with Crippen LogP contribution in [0.5, 0.6) is 0 Å². The number of nitrogens with one attached hydrogen (secondary N) is 2. The lowest BCUT2D eigenvalue weighted by Crippen LogP contribution is -2.30. The average molecular weight is 421 g/mol. The topological polar surface area (TPSA) is 102 Å². The van der Waals surface area contributed by atoms with Crippen molar-refractivity contribution in [1.82, 2.24) is 9.78 Å². The number of ether oxygens (including phenoxy) is 1. The van der Waals surface area contributed by atoms with Crippen molar-refractivity contribution in [2.75, 3.05) is 10.6 Å². The number of halogens is 1. The summed E-state index contributed by atoms with van der Waals surface area (Å²) in [7, 11) is 0. The van der Waals surface area contributed by atoms with Crippen LogP contribution in [0, 0.1) is 6.92 Å². The van der Waals surface area contributed by atoms with E-state index in [0.717, 1.165) is 12.8 Å². The van der Waals surface area contributed by atoms with E-state index < -0.39 is 18.0 Å². The van der Waals surface area contributed by atoms with Crippen molar-refractivity contribution < 1.29 is 19.1 Å². The number of benzene rings is 1. The van der Waals surface area contributed by atoms with Crippen LogP contribution in [-0.2, 0) is 20.9 Å². The number of amides is 2. The van der Waals surface area contributed by atoms with Crippen LogP contribution in [-0.4, -0.2) is 33.7 Å². The number of nitrogens with zero attached hydrogens (tertiary/aromatic N) is 2. The molecule has 9 heteroatoms. The van der Waals surface area contributed by atoms with Gasteiger partial charge in [-0.05, 0) is 44.5 Å². The molecule has 0 unspecified atom stereocenters. The molecule has 1 heterocycles. The average Bonchev–Trinajstić information content (AvgIpc) is 2.94. The minimum Gasteiger partial charge on any atom is -0.449 e. The highest BCUT2D eigenvalue weighted by Crippen LogP contribution is 2.22. The minimum absolute atomic E-state index is 0.169. The van der Waals surface area contributed by atoms with E-state index >= 15 is 0 Å². The molecule has 0 saturated heterocycles. The Morgan fingerprint density at radius 1 is 1.17 bits per heavy atom. The fraction of sp³-hybridized carbons (Fsp3) is 0.400. The highest BCUT2D eigenvalue weighted by atomic mass is 35.5. The fourth-order valence-corrected chi connectivity index (χ4v) is 2.93. The molecule has 1 aromatic heterocycles. The molecule has 0 aliphatic carbocycles. The molecule has 156 valence electrons. The summed E-state index contributed by atoms with van der Waals surface area (Å²) in [6.07, 6.45) is 0.819. The summed E-state index contributed by atoms with van der Waals surface area (Å²) in [5, 5.41) is 9.78. The number of rotatable bonds is 8. The third-order valence-corrected chi connectivity index (χ3v) is 4.50. The van der Waals surface area contributed by atoms with Gasteiger partial charge in [-0.2, -0.15) is 5.10 Å². The van der Waals surface area contributed by atoms with Crippen LogP contribution < -0.4 is 10.6 Å². The van der Waals surface area contributed by atoms with Gasteiger partial charge < -0.3 is 15.4 Å². The Labute approximate surface area is 174 Å². The van der Waals surface area contributed by atoms with Crippen LogP contribution in [0.25, 0.3) is 0 Å². The molecule has 2 amide bonds. The van der Waals surface area contributed by atoms with E-state index in [0.29, 0.717) is 23.6 Å². The van der Waals surface area contributed by atoms with Gasteiger partial charge >= 0.3 is 5.97 Å². The molecule has 0 bridgehead atoms. The largest absolute Gasteiger partial charge is 0.449 e. The maximum Gasteiger partial charge on any atom is 0.343 e. The first kappa shape index (κ1) is 22.4. The van der Waals surface area contributed by atoms with E-state index in [1.165, 1.54) is 13.8 Å². The number of unbranched alkanes of at least 4 members (excludes halogenated alkanes) is 1. The summed E-state index contributed by atoms with van der Waals surface area (Å²) in [6, 6.07) is 6.58. The summed E-state index contributed by atoms with van der Waals surface area (Å²) in [4.78, 5) is 35.9. The number of carbonyl (C=O) groups excluding carboxylic acids is 3. The molecule has 0 radical (unpaired) electrons. The Kier molecular flexibility index (Phi) is 7.78. The van der Waals surface area contributed by atoms with Gasteiger partial charge in [-0.1, -0.05) is 24.9 Å². The predicted molar refractivity (Wildman–Crippen MR) is 111 cm³/mol. The minimum atomic E-state index is -1.04. The quantitative estimate of drug-likeness (QED) is 0.632. The zero-order valence-corrected chi connectivity index (χ0v) is 17.7. The Morgan fingerprint density at radius 3 is 2.31 bits per heavy atom. The lowest BCUT2D eigenvalue weighted by Gasteiger charge is -2.14. The van der Waals surface area contributed by atoms with Gasteiger partial charge in [-0.3, -0.25) is 14.3 Å². The third-order valence-electron chi connectivity index (χ3n) is 4.12. The monoisotopic (exact) mass is 420 g/mol. The number of anilines is 2. The number of aryl methyl sites for hydroxylation is 2. The van der Waals surface area contributed by atoms with Crippen LogP contribution in [0.4, 0.5) is 11.4 Å². The molecule has 1 aromatic carbocycles. The number of hydrogen-bond donors (Lipinski definition) is 2. The van der Waals surface area contributed by atoms with Crippen molar-refractivity contribution in [2.24, 2.45) is 0 Å². The van der Waals surface area contributed by atoms with Crippen molar-refractivity contribution in [2.45, 2.75) is 53.2 Å². The SMILES string of the molecule is CCCCn1nc(C)c(C(=O)O[C@H](C)C(=O)Nc2ccc(NC(C)=O)cc2)c1Cl. The highest BCUT2D eigenvalue weighted by molar-refractivity contribution is 6.32. The number of esters is 1. The molecule has 2 N–H and O–H groups in total. The van der Waals surface area contributed by atoms with Crippen LogP contribution in [0.2, 0.25) is 5.15 Å². The summed E-state index contributed by atoms with van der Waals surface area (Å²) >= 11 is 6.27. The maximum atomic E-state index is 12.5. The van der Waals surface area contributed by atoms with E-state index in [2.05, 4.69) is 15.7 Å². The van der Waals surface area contributed by atoms with E-state index in [4.69, 9.17) is 16.3 Å². The van der Waals surface area contributed by atoms with E-state index in [-0.39, 0.29) is 16.6 Å². The molecular weight excluding hydrogens is 396 g/mol.